The van der Waals surface area contributed by atoms with Crippen LogP contribution in [0.25, 0.3) is 278 Å². The molecule has 0 aliphatic rings. The number of benzene rings is 21. The van der Waals surface area contributed by atoms with Crippen molar-refractivity contribution >= 4 is 86.7 Å². The van der Waals surface area contributed by atoms with Crippen LogP contribution in [0.1, 0.15) is 5.82 Å². The van der Waals surface area contributed by atoms with Gasteiger partial charge in [-0.15, -0.1) is 0 Å². The van der Waals surface area contributed by atoms with E-state index in [1.54, 1.807) is 0 Å². The zero-order chi connectivity index (χ0) is 95.9. The number of pyridine rings is 3. The molecule has 10 heteroatoms. The smallest absolute Gasteiger partial charge is 0.182 e. The first-order valence-corrected chi connectivity index (χ1v) is 49.1. The minimum Gasteiger partial charge on any atom is -0.297 e. The molecule has 0 spiro atoms. The molecule has 10 nitrogen and oxygen atoms in total. The van der Waals surface area contributed by atoms with E-state index in [9.17, 15) is 0 Å². The Labute approximate surface area is 837 Å². The molecule has 21 aromatic carbocycles. The summed E-state index contributed by atoms with van der Waals surface area (Å²) in [7, 11) is 0. The minimum absolute atomic E-state index is 0.341. The van der Waals surface area contributed by atoms with E-state index in [1.165, 1.54) is 98.0 Å². The summed E-state index contributed by atoms with van der Waals surface area (Å²) < 4.78 is 4.56. The number of aryl methyl sites for hydroxylation is 1. The van der Waals surface area contributed by atoms with Crippen LogP contribution in [0, 0.1) is 6.92 Å². The van der Waals surface area contributed by atoms with Crippen LogP contribution >= 0.6 is 0 Å². The molecule has 27 rings (SSSR count). The quantitative estimate of drug-likeness (QED) is 0.0781. The Morgan fingerprint density at radius 3 is 0.869 bits per heavy atom. The molecule has 0 saturated heterocycles. The predicted molar refractivity (Wildman–Crippen MR) is 599 cm³/mol. The van der Waals surface area contributed by atoms with Gasteiger partial charge in [-0.2, -0.15) is 0 Å². The SMILES string of the molecule is Cc1nc2cc(-c3cccc(-c4cc(-c5ccccc5)nc(-c5nc(-c6cc(-c7ccccc7)cc(-c7ccccc7)n6)nc(-c6cc(-c7cccc(-c8ccc(-c9nc%10ccccc%10n9-c9ccc(-c%10c%11ccccc%11c(-c%11ccc%12ccccc%12c%11)c%11ccccc%10%11)cc9)cc8)c7)cc(-c7ccccc7)n6)n5)c4)c3)ccc2n1-c1ccc(-c2c3ccccc3c(-c3ccc4ccccc4c3)c3ccccc23)cc1. The summed E-state index contributed by atoms with van der Waals surface area (Å²) in [6.07, 6.45) is 0. The van der Waals surface area contributed by atoms with Gasteiger partial charge in [-0.05, 0) is 281 Å². The monoisotopic (exact) mass is 1850 g/mol. The largest absolute Gasteiger partial charge is 0.297 e. The topological polar surface area (TPSA) is 113 Å². The minimum atomic E-state index is 0.341. The van der Waals surface area contributed by atoms with Crippen LogP contribution in [-0.2, 0) is 0 Å². The lowest BCUT2D eigenvalue weighted by Gasteiger charge is -2.18. The Hall–Kier alpha value is -19.4. The van der Waals surface area contributed by atoms with Crippen LogP contribution in [-0.4, -0.2) is 49.0 Å². The van der Waals surface area contributed by atoms with Gasteiger partial charge in [0.05, 0.1) is 39.1 Å². The molecule has 0 unspecified atom stereocenters. The molecular formula is C135H86N10. The molecular weight excluding hydrogens is 1760 g/mol. The Morgan fingerprint density at radius 1 is 0.152 bits per heavy atom. The molecule has 145 heavy (non-hydrogen) atoms. The maximum atomic E-state index is 5.58. The molecule has 676 valence electrons. The highest BCUT2D eigenvalue weighted by Crippen LogP contribution is 2.49. The Balaban J connectivity index is 0.540. The second kappa shape index (κ2) is 35.8. The van der Waals surface area contributed by atoms with E-state index in [-0.39, 0.29) is 0 Å². The van der Waals surface area contributed by atoms with E-state index in [1.807, 2.05) is 60.7 Å². The Kier molecular flexibility index (Phi) is 20.9. The molecule has 0 atom stereocenters. The zero-order valence-electron chi connectivity index (χ0n) is 78.9. The number of para-hydroxylation sites is 2. The molecule has 0 aliphatic carbocycles. The van der Waals surface area contributed by atoms with Crippen LogP contribution in [0.5, 0.6) is 0 Å². The second-order valence-electron chi connectivity index (χ2n) is 37.2. The van der Waals surface area contributed by atoms with Gasteiger partial charge in [0.2, 0.25) is 0 Å². The molecule has 0 amide bonds. The maximum Gasteiger partial charge on any atom is 0.182 e. The van der Waals surface area contributed by atoms with E-state index in [4.69, 9.17) is 39.9 Å². The second-order valence-corrected chi connectivity index (χ2v) is 37.2. The molecule has 0 aliphatic heterocycles. The van der Waals surface area contributed by atoms with Crippen molar-refractivity contribution in [1.82, 2.24) is 49.0 Å². The van der Waals surface area contributed by atoms with Crippen LogP contribution in [0.15, 0.2) is 504 Å². The van der Waals surface area contributed by atoms with Crippen LogP contribution in [0.2, 0.25) is 0 Å². The Bertz CT molecular complexity index is 9630. The number of rotatable bonds is 18. The van der Waals surface area contributed by atoms with Gasteiger partial charge in [-0.25, -0.2) is 39.9 Å². The maximum absolute atomic E-state index is 5.58. The first-order chi connectivity index (χ1) is 71.7. The first kappa shape index (κ1) is 84.8. The van der Waals surface area contributed by atoms with Crippen molar-refractivity contribution in [3.05, 3.63) is 509 Å². The van der Waals surface area contributed by atoms with Gasteiger partial charge >= 0.3 is 0 Å². The Morgan fingerprint density at radius 2 is 0.441 bits per heavy atom. The van der Waals surface area contributed by atoms with E-state index in [2.05, 4.69) is 459 Å². The fraction of sp³-hybridized carbons (Fsp3) is 0.00741. The van der Waals surface area contributed by atoms with Gasteiger partial charge in [0.15, 0.2) is 17.5 Å². The van der Waals surface area contributed by atoms with Gasteiger partial charge in [0.1, 0.15) is 28.7 Å². The summed E-state index contributed by atoms with van der Waals surface area (Å²) in [6, 6.07) is 180. The molecule has 0 fully saturated rings. The lowest BCUT2D eigenvalue weighted by Crippen LogP contribution is -2.05. The molecule has 6 aromatic heterocycles. The molecule has 27 aromatic rings. The highest BCUT2D eigenvalue weighted by molar-refractivity contribution is 6.23. The number of aromatic nitrogens is 10. The lowest BCUT2D eigenvalue weighted by atomic mass is 9.85. The lowest BCUT2D eigenvalue weighted by molar-refractivity contribution is 1.00. The van der Waals surface area contributed by atoms with E-state index >= 15 is 0 Å². The van der Waals surface area contributed by atoms with Crippen molar-refractivity contribution in [1.29, 1.82) is 0 Å². The molecule has 0 saturated carbocycles. The average molecular weight is 1850 g/mol. The van der Waals surface area contributed by atoms with Crippen molar-refractivity contribution in [2.45, 2.75) is 6.92 Å². The third-order valence-electron chi connectivity index (χ3n) is 28.5. The first-order valence-electron chi connectivity index (χ1n) is 49.1. The number of fused-ring (bicyclic) bond motifs is 8. The van der Waals surface area contributed by atoms with E-state index in [0.29, 0.717) is 34.6 Å². The number of imidazole rings is 2. The van der Waals surface area contributed by atoms with Crippen LogP contribution < -0.4 is 0 Å². The summed E-state index contributed by atoms with van der Waals surface area (Å²) in [5.41, 5.74) is 33.0. The van der Waals surface area contributed by atoms with Crippen molar-refractivity contribution in [2.24, 2.45) is 0 Å². The van der Waals surface area contributed by atoms with Crippen LogP contribution in [0.4, 0.5) is 0 Å². The van der Waals surface area contributed by atoms with Gasteiger partial charge in [0.25, 0.3) is 0 Å². The van der Waals surface area contributed by atoms with E-state index < -0.39 is 0 Å². The number of hydrogen-bond acceptors (Lipinski definition) is 8. The highest BCUT2D eigenvalue weighted by Gasteiger charge is 2.26. The molecule has 0 radical (unpaired) electrons. The molecule has 0 bridgehead atoms. The van der Waals surface area contributed by atoms with Crippen molar-refractivity contribution in [3.63, 3.8) is 0 Å². The van der Waals surface area contributed by atoms with E-state index in [0.717, 1.165) is 151 Å². The molecule has 0 N–H and O–H groups in total. The van der Waals surface area contributed by atoms with Gasteiger partial charge in [0, 0.05) is 33.6 Å². The highest BCUT2D eigenvalue weighted by atomic mass is 15.1. The van der Waals surface area contributed by atoms with Crippen LogP contribution in [0.3, 0.4) is 0 Å². The van der Waals surface area contributed by atoms with Crippen molar-refractivity contribution in [2.75, 3.05) is 0 Å². The standard InChI is InChI=1S/C135H86N10/c1-85-136-122-78-102(68-73-127(122)144(85)108-69-64-93(65-70-108)128-110-46-18-22-50-114(110)130(115-51-23-19-47-111(115)128)103-62-58-87-32-14-16-40-96(87)76-103)99-43-29-45-101(75-99)107-81-121(92-38-12-5-13-39-92)139-125(84-107)134-142-132(123-82-105(86-30-6-2-7-31-86)79-119(137-123)90-34-8-3-9-35-90)141-133(143-134)124-83-106(80-120(138-124)91-36-10-4-11-37-91)100-44-28-42-98(74-100)89-56-60-95(61-57-89)135-140-118-54-26-27-55-126(118)145(135)109-71-66-94(67-72-109)129-112-48-20-24-52-116(112)131(117-53-25-21-49-113(117)129)104-63-59-88-33-15-17-41-97(88)77-104/h2-84H,1H3. The van der Waals surface area contributed by atoms with Crippen molar-refractivity contribution < 1.29 is 0 Å². The third-order valence-corrected chi connectivity index (χ3v) is 28.5. The van der Waals surface area contributed by atoms with Gasteiger partial charge in [-0.3, -0.25) is 9.13 Å². The summed E-state index contributed by atoms with van der Waals surface area (Å²) in [5.74, 6) is 2.77. The van der Waals surface area contributed by atoms with Gasteiger partial charge < -0.3 is 0 Å². The van der Waals surface area contributed by atoms with Crippen molar-refractivity contribution in [3.8, 4) is 191 Å². The fourth-order valence-electron chi connectivity index (χ4n) is 21.6. The summed E-state index contributed by atoms with van der Waals surface area (Å²) in [6.45, 7) is 2.09. The van der Waals surface area contributed by atoms with Gasteiger partial charge in [-0.1, -0.05) is 394 Å². The predicted octanol–water partition coefficient (Wildman–Crippen LogP) is 34.6. The molecule has 6 heterocycles. The number of nitrogens with zero attached hydrogens (tertiary/aromatic N) is 10. The fourth-order valence-corrected chi connectivity index (χ4v) is 21.6. The summed E-state index contributed by atoms with van der Waals surface area (Å²) in [5, 5.41) is 14.6. The normalized spacial score (nSPS) is 11.6. The summed E-state index contributed by atoms with van der Waals surface area (Å²) >= 11 is 0. The number of hydrogen-bond donors (Lipinski definition) is 0. The average Bonchev–Trinajstić information content (AvgIpc) is 1.27. The summed E-state index contributed by atoms with van der Waals surface area (Å²) in [4.78, 5) is 44.0. The third kappa shape index (κ3) is 15.6. The zero-order valence-corrected chi connectivity index (χ0v) is 78.9.